The minimum absolute atomic E-state index is 0.299. The fraction of sp³-hybridized carbons (Fsp3) is 0.0870. The molecule has 4 heteroatoms. The first-order valence-electron chi connectivity index (χ1n) is 8.53. The third-order valence-electron chi connectivity index (χ3n) is 5.13. The lowest BCUT2D eigenvalue weighted by Gasteiger charge is -2.23. The van der Waals surface area contributed by atoms with Crippen molar-refractivity contribution in [3.63, 3.8) is 0 Å². The van der Waals surface area contributed by atoms with Crippen LogP contribution in [0.3, 0.4) is 0 Å². The SMILES string of the molecule is CC(=O)C1(c2ccc(-c3ccccc3Cl)cc2)C(=O)c2ccccc2C1=O. The molecule has 132 valence electrons. The van der Waals surface area contributed by atoms with Gasteiger partial charge in [0.15, 0.2) is 22.8 Å². The van der Waals surface area contributed by atoms with Gasteiger partial charge in [0, 0.05) is 21.7 Å². The molecule has 4 rings (SSSR count). The lowest BCUT2D eigenvalue weighted by molar-refractivity contribution is -0.119. The van der Waals surface area contributed by atoms with E-state index in [1.807, 2.05) is 18.2 Å². The summed E-state index contributed by atoms with van der Waals surface area (Å²) in [6, 6.07) is 20.9. The zero-order valence-corrected chi connectivity index (χ0v) is 15.3. The van der Waals surface area contributed by atoms with Gasteiger partial charge in [0.05, 0.1) is 0 Å². The number of carbonyl (C=O) groups excluding carboxylic acids is 3. The van der Waals surface area contributed by atoms with Crippen LogP contribution in [0.5, 0.6) is 0 Å². The molecule has 0 radical (unpaired) electrons. The van der Waals surface area contributed by atoms with Gasteiger partial charge in [0.25, 0.3) is 0 Å². The largest absolute Gasteiger partial charge is 0.298 e. The Bertz CT molecular complexity index is 1060. The molecule has 0 atom stereocenters. The minimum Gasteiger partial charge on any atom is -0.298 e. The molecule has 0 heterocycles. The lowest BCUT2D eigenvalue weighted by atomic mass is 9.73. The van der Waals surface area contributed by atoms with E-state index in [2.05, 4.69) is 0 Å². The molecule has 0 amide bonds. The standard InChI is InChI=1S/C23H15ClO3/c1-14(25)23(21(26)18-7-2-3-8-19(18)22(23)27)16-12-10-15(11-13-16)17-6-4-5-9-20(17)24/h2-13H,1H3. The second-order valence-corrected chi connectivity index (χ2v) is 6.97. The summed E-state index contributed by atoms with van der Waals surface area (Å²) in [6.45, 7) is 1.30. The van der Waals surface area contributed by atoms with Crippen LogP contribution >= 0.6 is 11.6 Å². The Kier molecular flexibility index (Phi) is 4.05. The van der Waals surface area contributed by atoms with E-state index in [0.717, 1.165) is 11.1 Å². The molecule has 0 N–H and O–H groups in total. The van der Waals surface area contributed by atoms with Gasteiger partial charge in [-0.1, -0.05) is 78.3 Å². The van der Waals surface area contributed by atoms with Gasteiger partial charge in [-0.05, 0) is 24.1 Å². The van der Waals surface area contributed by atoms with Crippen molar-refractivity contribution in [3.8, 4) is 11.1 Å². The Morgan fingerprint density at radius 1 is 0.741 bits per heavy atom. The molecule has 1 aliphatic rings. The monoisotopic (exact) mass is 374 g/mol. The molecule has 27 heavy (non-hydrogen) atoms. The van der Waals surface area contributed by atoms with Gasteiger partial charge >= 0.3 is 0 Å². The van der Waals surface area contributed by atoms with Crippen LogP contribution in [0.1, 0.15) is 33.2 Å². The van der Waals surface area contributed by atoms with Crippen molar-refractivity contribution < 1.29 is 14.4 Å². The van der Waals surface area contributed by atoms with Crippen molar-refractivity contribution in [3.05, 3.63) is 94.5 Å². The van der Waals surface area contributed by atoms with Gasteiger partial charge in [0.2, 0.25) is 0 Å². The highest BCUT2D eigenvalue weighted by Gasteiger charge is 2.57. The zero-order valence-electron chi connectivity index (χ0n) is 14.5. The highest BCUT2D eigenvalue weighted by atomic mass is 35.5. The summed E-state index contributed by atoms with van der Waals surface area (Å²) in [5.41, 5.74) is 0.870. The van der Waals surface area contributed by atoms with Crippen LogP contribution in [0, 0.1) is 0 Å². The molecule has 0 unspecified atom stereocenters. The maximum atomic E-state index is 13.1. The Balaban J connectivity index is 1.86. The first kappa shape index (κ1) is 17.4. The molecule has 3 aromatic carbocycles. The predicted molar refractivity (Wildman–Crippen MR) is 104 cm³/mol. The maximum absolute atomic E-state index is 13.1. The van der Waals surface area contributed by atoms with Crippen LogP contribution in [0.25, 0.3) is 11.1 Å². The molecule has 0 saturated carbocycles. The molecule has 0 aromatic heterocycles. The topological polar surface area (TPSA) is 51.2 Å². The number of hydrogen-bond donors (Lipinski definition) is 0. The molecule has 0 spiro atoms. The number of rotatable bonds is 3. The second kappa shape index (κ2) is 6.29. The number of carbonyl (C=O) groups is 3. The van der Waals surface area contributed by atoms with E-state index in [1.54, 1.807) is 54.6 Å². The van der Waals surface area contributed by atoms with Crippen molar-refractivity contribution >= 4 is 29.0 Å². The first-order valence-corrected chi connectivity index (χ1v) is 8.91. The summed E-state index contributed by atoms with van der Waals surface area (Å²) >= 11 is 6.25. The summed E-state index contributed by atoms with van der Waals surface area (Å²) in [7, 11) is 0. The van der Waals surface area contributed by atoms with E-state index in [-0.39, 0.29) is 0 Å². The third-order valence-corrected chi connectivity index (χ3v) is 5.46. The van der Waals surface area contributed by atoms with Crippen LogP contribution < -0.4 is 0 Å². The average molecular weight is 375 g/mol. The van der Waals surface area contributed by atoms with E-state index in [0.29, 0.717) is 21.7 Å². The van der Waals surface area contributed by atoms with Crippen LogP contribution in [0.4, 0.5) is 0 Å². The molecule has 3 nitrogen and oxygen atoms in total. The number of hydrogen-bond acceptors (Lipinski definition) is 3. The van der Waals surface area contributed by atoms with Crippen molar-refractivity contribution in [2.24, 2.45) is 0 Å². The summed E-state index contributed by atoms with van der Waals surface area (Å²) in [5.74, 6) is -1.39. The molecule has 0 fully saturated rings. The van der Waals surface area contributed by atoms with E-state index < -0.39 is 22.8 Å². The number of Topliss-reactive ketones (excluding diaryl/α,β-unsaturated/α-hetero) is 3. The Labute approximate surface area is 161 Å². The predicted octanol–water partition coefficient (Wildman–Crippen LogP) is 4.91. The van der Waals surface area contributed by atoms with Crippen molar-refractivity contribution in [1.29, 1.82) is 0 Å². The molecular formula is C23H15ClO3. The molecular weight excluding hydrogens is 360 g/mol. The average Bonchev–Trinajstić information content (AvgIpc) is 2.91. The lowest BCUT2D eigenvalue weighted by Crippen LogP contribution is -2.45. The number of fused-ring (bicyclic) bond motifs is 1. The van der Waals surface area contributed by atoms with E-state index >= 15 is 0 Å². The number of halogens is 1. The van der Waals surface area contributed by atoms with Crippen molar-refractivity contribution in [2.75, 3.05) is 0 Å². The van der Waals surface area contributed by atoms with Gasteiger partial charge in [-0.2, -0.15) is 0 Å². The fourth-order valence-corrected chi connectivity index (χ4v) is 4.01. The van der Waals surface area contributed by atoms with E-state index in [1.165, 1.54) is 6.92 Å². The van der Waals surface area contributed by atoms with Gasteiger partial charge in [-0.15, -0.1) is 0 Å². The normalized spacial score (nSPS) is 14.9. The Morgan fingerprint density at radius 2 is 1.22 bits per heavy atom. The summed E-state index contributed by atoms with van der Waals surface area (Å²) in [4.78, 5) is 38.8. The summed E-state index contributed by atoms with van der Waals surface area (Å²) in [5, 5.41) is 0.604. The Morgan fingerprint density at radius 3 is 1.70 bits per heavy atom. The molecule has 0 aliphatic heterocycles. The molecule has 1 aliphatic carbocycles. The first-order chi connectivity index (χ1) is 13.0. The highest BCUT2D eigenvalue weighted by molar-refractivity contribution is 6.43. The Hall–Kier alpha value is -3.04. The quantitative estimate of drug-likeness (QED) is 0.612. The fourth-order valence-electron chi connectivity index (χ4n) is 3.77. The molecule has 3 aromatic rings. The van der Waals surface area contributed by atoms with E-state index in [4.69, 9.17) is 11.6 Å². The minimum atomic E-state index is -1.80. The van der Waals surface area contributed by atoms with Crippen molar-refractivity contribution in [2.45, 2.75) is 12.3 Å². The van der Waals surface area contributed by atoms with Crippen LogP contribution in [0.15, 0.2) is 72.8 Å². The maximum Gasteiger partial charge on any atom is 0.189 e. The van der Waals surface area contributed by atoms with Gasteiger partial charge < -0.3 is 0 Å². The van der Waals surface area contributed by atoms with Crippen molar-refractivity contribution in [1.82, 2.24) is 0 Å². The van der Waals surface area contributed by atoms with Gasteiger partial charge in [-0.3, -0.25) is 14.4 Å². The molecule has 0 saturated heterocycles. The summed E-state index contributed by atoms with van der Waals surface area (Å²) < 4.78 is 0. The third kappa shape index (κ3) is 2.39. The second-order valence-electron chi connectivity index (χ2n) is 6.57. The van der Waals surface area contributed by atoms with Crippen LogP contribution in [-0.2, 0) is 10.2 Å². The number of benzene rings is 3. The molecule has 0 bridgehead atoms. The van der Waals surface area contributed by atoms with Crippen LogP contribution in [0.2, 0.25) is 5.02 Å². The highest BCUT2D eigenvalue weighted by Crippen LogP contribution is 2.41. The smallest absolute Gasteiger partial charge is 0.189 e. The van der Waals surface area contributed by atoms with Gasteiger partial charge in [-0.25, -0.2) is 0 Å². The van der Waals surface area contributed by atoms with E-state index in [9.17, 15) is 14.4 Å². The number of ketones is 3. The van der Waals surface area contributed by atoms with Gasteiger partial charge in [0.1, 0.15) is 0 Å². The van der Waals surface area contributed by atoms with Crippen LogP contribution in [-0.4, -0.2) is 17.3 Å². The zero-order chi connectivity index (χ0) is 19.2. The summed E-state index contributed by atoms with van der Waals surface area (Å²) in [6.07, 6.45) is 0.